The third-order valence-electron chi connectivity index (χ3n) is 0.855. The lowest BCUT2D eigenvalue weighted by atomic mass is 10.5. The van der Waals surface area contributed by atoms with E-state index in [0.29, 0.717) is 19.8 Å². The van der Waals surface area contributed by atoms with Gasteiger partial charge in [0.15, 0.2) is 0 Å². The van der Waals surface area contributed by atoms with Crippen LogP contribution in [0.25, 0.3) is 0 Å². The number of hydrogen-bond donors (Lipinski definition) is 4. The van der Waals surface area contributed by atoms with Crippen LogP contribution in [0, 0.1) is 0 Å². The lowest BCUT2D eigenvalue weighted by molar-refractivity contribution is -0.136. The first-order valence-electron chi connectivity index (χ1n) is 3.85. The summed E-state index contributed by atoms with van der Waals surface area (Å²) in [6.07, 6.45) is 0. The molecular formula is C7H17NO4S. The molecular weight excluding hydrogens is 194 g/mol. The van der Waals surface area contributed by atoms with Gasteiger partial charge in [-0.2, -0.15) is 12.6 Å². The highest BCUT2D eigenvalue weighted by atomic mass is 32.1. The van der Waals surface area contributed by atoms with Crippen molar-refractivity contribution < 1.29 is 19.7 Å². The fourth-order valence-corrected chi connectivity index (χ4v) is 0.250. The number of ether oxygens (including phenoxy) is 1. The lowest BCUT2D eigenvalue weighted by Crippen LogP contribution is -2.10. The van der Waals surface area contributed by atoms with Gasteiger partial charge in [0.25, 0.3) is 0 Å². The summed E-state index contributed by atoms with van der Waals surface area (Å²) < 4.78 is 4.76. The Morgan fingerprint density at radius 2 is 2.08 bits per heavy atom. The minimum absolute atomic E-state index is 0.0833. The molecule has 0 aromatic carbocycles. The van der Waals surface area contributed by atoms with Crippen molar-refractivity contribution in [3.8, 4) is 0 Å². The number of carboxylic acids is 1. The predicted molar refractivity (Wildman–Crippen MR) is 53.0 cm³/mol. The molecule has 0 heterocycles. The van der Waals surface area contributed by atoms with E-state index in [1.165, 1.54) is 6.92 Å². The fourth-order valence-electron chi connectivity index (χ4n) is 0.250. The second-order valence-corrected chi connectivity index (χ2v) is 2.91. The van der Waals surface area contributed by atoms with Crippen LogP contribution in [0.15, 0.2) is 0 Å². The van der Waals surface area contributed by atoms with Crippen molar-refractivity contribution in [3.05, 3.63) is 0 Å². The van der Waals surface area contributed by atoms with Crippen LogP contribution in [0.4, 0.5) is 0 Å². The van der Waals surface area contributed by atoms with Crippen LogP contribution in [0.1, 0.15) is 6.92 Å². The number of thiol groups is 1. The summed E-state index contributed by atoms with van der Waals surface area (Å²) in [4.78, 5) is 9.62. The Balaban J connectivity index is 0. The molecule has 0 amide bonds. The molecule has 0 aromatic rings. The number of nitrogens with two attached hydrogens (primary N) is 1. The van der Waals surface area contributed by atoms with Gasteiger partial charge in [-0.1, -0.05) is 0 Å². The van der Waals surface area contributed by atoms with Crippen molar-refractivity contribution in [1.29, 1.82) is 0 Å². The van der Waals surface area contributed by atoms with Gasteiger partial charge in [-0.3, -0.25) is 4.79 Å². The first-order valence-corrected chi connectivity index (χ1v) is 4.37. The van der Waals surface area contributed by atoms with E-state index < -0.39 is 11.2 Å². The SMILES string of the molecule is CC(S)C(=O)O.NCCOCCO. The van der Waals surface area contributed by atoms with Crippen LogP contribution in [-0.2, 0) is 9.53 Å². The van der Waals surface area contributed by atoms with E-state index in [2.05, 4.69) is 12.6 Å². The summed E-state index contributed by atoms with van der Waals surface area (Å²) in [6.45, 7) is 3.06. The Morgan fingerprint density at radius 1 is 1.62 bits per heavy atom. The van der Waals surface area contributed by atoms with Gasteiger partial charge in [-0.25, -0.2) is 0 Å². The molecule has 0 bridgehead atoms. The van der Waals surface area contributed by atoms with Crippen molar-refractivity contribution in [2.45, 2.75) is 12.2 Å². The number of aliphatic hydroxyl groups is 1. The molecule has 0 saturated carbocycles. The van der Waals surface area contributed by atoms with Crippen molar-refractivity contribution in [3.63, 3.8) is 0 Å². The van der Waals surface area contributed by atoms with Crippen molar-refractivity contribution in [2.24, 2.45) is 5.73 Å². The second-order valence-electron chi connectivity index (χ2n) is 2.14. The van der Waals surface area contributed by atoms with Gasteiger partial charge in [0.1, 0.15) is 0 Å². The van der Waals surface area contributed by atoms with Crippen LogP contribution in [0.5, 0.6) is 0 Å². The highest BCUT2D eigenvalue weighted by Gasteiger charge is 2.00. The smallest absolute Gasteiger partial charge is 0.316 e. The van der Waals surface area contributed by atoms with Gasteiger partial charge in [0.05, 0.1) is 25.1 Å². The molecule has 0 saturated heterocycles. The molecule has 5 nitrogen and oxygen atoms in total. The molecule has 0 aliphatic rings. The quantitative estimate of drug-likeness (QED) is 0.358. The molecule has 1 unspecified atom stereocenters. The molecule has 80 valence electrons. The Kier molecular flexibility index (Phi) is 13.7. The minimum Gasteiger partial charge on any atom is -0.480 e. The zero-order valence-electron chi connectivity index (χ0n) is 7.64. The maximum Gasteiger partial charge on any atom is 0.316 e. The molecule has 0 spiro atoms. The molecule has 4 N–H and O–H groups in total. The van der Waals surface area contributed by atoms with E-state index in [-0.39, 0.29) is 6.61 Å². The molecule has 1 atom stereocenters. The van der Waals surface area contributed by atoms with Crippen LogP contribution in [0.2, 0.25) is 0 Å². The number of carboxylic acid groups (broad SMARTS) is 1. The summed E-state index contributed by atoms with van der Waals surface area (Å²) in [5.74, 6) is -0.877. The zero-order chi connectivity index (χ0) is 10.7. The highest BCUT2D eigenvalue weighted by Crippen LogP contribution is 1.88. The average Bonchev–Trinajstić information content (AvgIpc) is 2.06. The predicted octanol–water partition coefficient (Wildman–Crippen LogP) is -0.657. The molecule has 13 heavy (non-hydrogen) atoms. The normalized spacial score (nSPS) is 11.4. The molecule has 0 aromatic heterocycles. The Morgan fingerprint density at radius 3 is 2.31 bits per heavy atom. The fraction of sp³-hybridized carbons (Fsp3) is 0.857. The number of rotatable bonds is 5. The number of hydrogen-bond acceptors (Lipinski definition) is 5. The van der Waals surface area contributed by atoms with E-state index in [4.69, 9.17) is 20.7 Å². The second kappa shape index (κ2) is 11.7. The van der Waals surface area contributed by atoms with Crippen LogP contribution in [-0.4, -0.2) is 47.8 Å². The van der Waals surface area contributed by atoms with Gasteiger partial charge >= 0.3 is 5.97 Å². The van der Waals surface area contributed by atoms with Gasteiger partial charge in [-0.05, 0) is 6.92 Å². The van der Waals surface area contributed by atoms with Crippen molar-refractivity contribution in [2.75, 3.05) is 26.4 Å². The average molecular weight is 211 g/mol. The minimum atomic E-state index is -0.877. The largest absolute Gasteiger partial charge is 0.480 e. The highest BCUT2D eigenvalue weighted by molar-refractivity contribution is 7.81. The van der Waals surface area contributed by atoms with Crippen molar-refractivity contribution in [1.82, 2.24) is 0 Å². The van der Waals surface area contributed by atoms with E-state index in [1.54, 1.807) is 0 Å². The first kappa shape index (κ1) is 15.2. The molecule has 0 rings (SSSR count). The van der Waals surface area contributed by atoms with Crippen molar-refractivity contribution >= 4 is 18.6 Å². The number of carbonyl (C=O) groups is 1. The van der Waals surface area contributed by atoms with Crippen LogP contribution in [0.3, 0.4) is 0 Å². The third kappa shape index (κ3) is 18.6. The lowest BCUT2D eigenvalue weighted by Gasteiger charge is -1.95. The molecule has 0 radical (unpaired) electrons. The third-order valence-corrected chi connectivity index (χ3v) is 1.08. The van der Waals surface area contributed by atoms with E-state index in [0.717, 1.165) is 0 Å². The summed E-state index contributed by atoms with van der Waals surface area (Å²) in [5.41, 5.74) is 5.06. The van der Waals surface area contributed by atoms with Crippen LogP contribution < -0.4 is 5.73 Å². The summed E-state index contributed by atoms with van der Waals surface area (Å²) in [5, 5.41) is 15.5. The standard InChI is InChI=1S/C4H11NO2.C3H6O2S/c5-1-3-7-4-2-6;1-2(6)3(4)5/h6H,1-5H2;2,6H,1H3,(H,4,5). The molecule has 0 fully saturated rings. The van der Waals surface area contributed by atoms with E-state index in [1.807, 2.05) is 0 Å². The maximum atomic E-state index is 9.62. The topological polar surface area (TPSA) is 92.8 Å². The van der Waals surface area contributed by atoms with Gasteiger partial charge in [0, 0.05) is 6.54 Å². The molecule has 6 heteroatoms. The van der Waals surface area contributed by atoms with Gasteiger partial charge in [0.2, 0.25) is 0 Å². The van der Waals surface area contributed by atoms with E-state index >= 15 is 0 Å². The van der Waals surface area contributed by atoms with Gasteiger partial charge < -0.3 is 20.7 Å². The maximum absolute atomic E-state index is 9.62. The summed E-state index contributed by atoms with van der Waals surface area (Å²) in [6, 6.07) is 0. The zero-order valence-corrected chi connectivity index (χ0v) is 8.54. The Hall–Kier alpha value is -0.300. The first-order chi connectivity index (χ1) is 6.06. The van der Waals surface area contributed by atoms with Crippen LogP contribution >= 0.6 is 12.6 Å². The Labute approximate surface area is 83.3 Å². The van der Waals surface area contributed by atoms with E-state index in [9.17, 15) is 4.79 Å². The Bertz CT molecular complexity index is 117. The summed E-state index contributed by atoms with van der Waals surface area (Å²) >= 11 is 3.59. The number of aliphatic hydroxyl groups excluding tert-OH is 1. The number of aliphatic carboxylic acids is 1. The molecule has 0 aliphatic heterocycles. The summed E-state index contributed by atoms with van der Waals surface area (Å²) in [7, 11) is 0. The molecule has 0 aliphatic carbocycles. The van der Waals surface area contributed by atoms with Gasteiger partial charge in [-0.15, -0.1) is 0 Å². The monoisotopic (exact) mass is 211 g/mol.